The van der Waals surface area contributed by atoms with Crippen molar-refractivity contribution in [3.8, 4) is 0 Å². The third-order valence-corrected chi connectivity index (χ3v) is 4.10. The smallest absolute Gasteiger partial charge is 0.321 e. The Morgan fingerprint density at radius 3 is 2.50 bits per heavy atom. The monoisotopic (exact) mass is 283 g/mol. The molecule has 1 aliphatic rings. The summed E-state index contributed by atoms with van der Waals surface area (Å²) in [4.78, 5) is 23.0. The molecule has 0 aromatic rings. The Hall–Kier alpha value is -1.10. The Kier molecular flexibility index (Phi) is 6.99. The fourth-order valence-corrected chi connectivity index (χ4v) is 2.83. The van der Waals surface area contributed by atoms with Crippen LogP contribution in [0.3, 0.4) is 0 Å². The molecule has 0 spiro atoms. The Morgan fingerprint density at radius 1 is 1.20 bits per heavy atom. The zero-order valence-corrected chi connectivity index (χ0v) is 13.2. The summed E-state index contributed by atoms with van der Waals surface area (Å²) in [5, 5.41) is 8.09. The van der Waals surface area contributed by atoms with E-state index in [-0.39, 0.29) is 11.9 Å². The van der Waals surface area contributed by atoms with Gasteiger partial charge in [0.1, 0.15) is 0 Å². The summed E-state index contributed by atoms with van der Waals surface area (Å²) < 4.78 is 0. The molecule has 20 heavy (non-hydrogen) atoms. The van der Waals surface area contributed by atoms with Crippen molar-refractivity contribution in [1.82, 2.24) is 16.0 Å². The topological polar surface area (TPSA) is 70.2 Å². The van der Waals surface area contributed by atoms with Gasteiger partial charge in [-0.2, -0.15) is 0 Å². The maximum Gasteiger partial charge on any atom is 0.321 e. The second kappa shape index (κ2) is 8.25. The van der Waals surface area contributed by atoms with Crippen molar-refractivity contribution in [2.45, 2.75) is 65.0 Å². The number of amides is 3. The molecule has 3 N–H and O–H groups in total. The molecule has 0 aromatic carbocycles. The molecule has 0 unspecified atom stereocenters. The third-order valence-electron chi connectivity index (χ3n) is 4.10. The van der Waals surface area contributed by atoms with Crippen LogP contribution in [0.5, 0.6) is 0 Å². The SMILES string of the molecule is CNC(=O)NC(=O)[C@H](C)N[C@H]1CCC[C@H]1CCC(C)C. The fraction of sp³-hybridized carbons (Fsp3) is 0.867. The Morgan fingerprint density at radius 2 is 1.90 bits per heavy atom. The Balaban J connectivity index is 2.41. The largest absolute Gasteiger partial charge is 0.341 e. The van der Waals surface area contributed by atoms with Crippen LogP contribution in [0.25, 0.3) is 0 Å². The van der Waals surface area contributed by atoms with E-state index in [4.69, 9.17) is 0 Å². The predicted molar refractivity (Wildman–Crippen MR) is 80.4 cm³/mol. The Bertz CT molecular complexity index is 331. The van der Waals surface area contributed by atoms with Gasteiger partial charge in [0.2, 0.25) is 5.91 Å². The van der Waals surface area contributed by atoms with Crippen LogP contribution in [0.2, 0.25) is 0 Å². The highest BCUT2D eigenvalue weighted by atomic mass is 16.2. The van der Waals surface area contributed by atoms with E-state index in [1.807, 2.05) is 6.92 Å². The van der Waals surface area contributed by atoms with Gasteiger partial charge in [-0.3, -0.25) is 10.1 Å². The van der Waals surface area contributed by atoms with Crippen molar-refractivity contribution < 1.29 is 9.59 Å². The van der Waals surface area contributed by atoms with Gasteiger partial charge in [-0.05, 0) is 38.0 Å². The highest BCUT2D eigenvalue weighted by Crippen LogP contribution is 2.30. The molecule has 0 bridgehead atoms. The van der Waals surface area contributed by atoms with Gasteiger partial charge in [-0.1, -0.05) is 26.7 Å². The maximum atomic E-state index is 11.8. The minimum Gasteiger partial charge on any atom is -0.341 e. The van der Waals surface area contributed by atoms with Crippen molar-refractivity contribution in [1.29, 1.82) is 0 Å². The molecule has 0 aliphatic heterocycles. The summed E-state index contributed by atoms with van der Waals surface area (Å²) in [6, 6.07) is -0.387. The van der Waals surface area contributed by atoms with E-state index >= 15 is 0 Å². The first-order chi connectivity index (χ1) is 9.43. The molecule has 1 fully saturated rings. The van der Waals surface area contributed by atoms with Crippen LogP contribution < -0.4 is 16.0 Å². The van der Waals surface area contributed by atoms with E-state index in [2.05, 4.69) is 29.8 Å². The quantitative estimate of drug-likeness (QED) is 0.698. The van der Waals surface area contributed by atoms with Crippen LogP contribution in [-0.2, 0) is 4.79 Å². The number of imide groups is 1. The minimum atomic E-state index is -0.452. The molecule has 0 aromatic heterocycles. The summed E-state index contributed by atoms with van der Waals surface area (Å²) in [5.74, 6) is 1.12. The van der Waals surface area contributed by atoms with Crippen molar-refractivity contribution in [3.63, 3.8) is 0 Å². The normalized spacial score (nSPS) is 23.6. The molecule has 3 atom stereocenters. The number of carbonyl (C=O) groups excluding carboxylic acids is 2. The molecular weight excluding hydrogens is 254 g/mol. The van der Waals surface area contributed by atoms with Gasteiger partial charge in [-0.15, -0.1) is 0 Å². The highest BCUT2D eigenvalue weighted by molar-refractivity contribution is 5.96. The van der Waals surface area contributed by atoms with E-state index < -0.39 is 6.03 Å². The van der Waals surface area contributed by atoms with E-state index in [0.717, 1.165) is 12.3 Å². The maximum absolute atomic E-state index is 11.8. The average molecular weight is 283 g/mol. The number of hydrogen-bond donors (Lipinski definition) is 3. The molecule has 116 valence electrons. The van der Waals surface area contributed by atoms with Gasteiger partial charge in [-0.25, -0.2) is 4.79 Å². The lowest BCUT2D eigenvalue weighted by molar-refractivity contribution is -0.121. The first kappa shape index (κ1) is 17.0. The highest BCUT2D eigenvalue weighted by Gasteiger charge is 2.29. The summed E-state index contributed by atoms with van der Waals surface area (Å²) in [5.41, 5.74) is 0. The van der Waals surface area contributed by atoms with Gasteiger partial charge >= 0.3 is 6.03 Å². The zero-order chi connectivity index (χ0) is 15.1. The molecule has 1 aliphatic carbocycles. The van der Waals surface area contributed by atoms with E-state index in [9.17, 15) is 9.59 Å². The lowest BCUT2D eigenvalue weighted by atomic mass is 9.93. The van der Waals surface area contributed by atoms with E-state index in [1.165, 1.54) is 32.7 Å². The number of rotatable bonds is 6. The average Bonchev–Trinajstić information content (AvgIpc) is 2.83. The lowest BCUT2D eigenvalue weighted by Crippen LogP contribution is -2.50. The molecule has 1 rings (SSSR count). The first-order valence-corrected chi connectivity index (χ1v) is 7.72. The fourth-order valence-electron chi connectivity index (χ4n) is 2.83. The van der Waals surface area contributed by atoms with Crippen LogP contribution in [0.15, 0.2) is 0 Å². The molecule has 0 radical (unpaired) electrons. The molecule has 3 amide bonds. The van der Waals surface area contributed by atoms with Crippen LogP contribution in [0.1, 0.15) is 52.9 Å². The summed E-state index contributed by atoms with van der Waals surface area (Å²) >= 11 is 0. The van der Waals surface area contributed by atoms with Gasteiger partial charge in [0.25, 0.3) is 0 Å². The molecule has 0 heterocycles. The summed E-state index contributed by atoms with van der Waals surface area (Å²) in [6.07, 6.45) is 6.06. The number of hydrogen-bond acceptors (Lipinski definition) is 3. The summed E-state index contributed by atoms with van der Waals surface area (Å²) in [6.45, 7) is 6.31. The minimum absolute atomic E-state index is 0.265. The molecular formula is C15H29N3O2. The van der Waals surface area contributed by atoms with Crippen molar-refractivity contribution >= 4 is 11.9 Å². The second-order valence-electron chi connectivity index (χ2n) is 6.23. The van der Waals surface area contributed by atoms with Crippen LogP contribution in [0, 0.1) is 11.8 Å². The van der Waals surface area contributed by atoms with Crippen LogP contribution >= 0.6 is 0 Å². The molecule has 5 nitrogen and oxygen atoms in total. The summed E-state index contributed by atoms with van der Waals surface area (Å²) in [7, 11) is 1.50. The van der Waals surface area contributed by atoms with Gasteiger partial charge in [0.15, 0.2) is 0 Å². The standard InChI is InChI=1S/C15H29N3O2/c1-10(2)8-9-12-6-5-7-13(12)17-11(3)14(19)18-15(20)16-4/h10-13,17H,5-9H2,1-4H3,(H2,16,18,19,20)/t11-,12-,13-/m0/s1. The van der Waals surface area contributed by atoms with Crippen molar-refractivity contribution in [2.24, 2.45) is 11.8 Å². The molecule has 5 heteroatoms. The van der Waals surface area contributed by atoms with E-state index in [1.54, 1.807) is 0 Å². The predicted octanol–water partition coefficient (Wildman–Crippen LogP) is 2.02. The lowest BCUT2D eigenvalue weighted by Gasteiger charge is -2.25. The van der Waals surface area contributed by atoms with Crippen molar-refractivity contribution in [2.75, 3.05) is 7.05 Å². The number of nitrogens with one attached hydrogen (secondary N) is 3. The third kappa shape index (κ3) is 5.49. The van der Waals surface area contributed by atoms with Gasteiger partial charge in [0.05, 0.1) is 6.04 Å². The van der Waals surface area contributed by atoms with Gasteiger partial charge < -0.3 is 10.6 Å². The Labute approximate surface area is 122 Å². The first-order valence-electron chi connectivity index (χ1n) is 7.72. The van der Waals surface area contributed by atoms with Gasteiger partial charge in [0, 0.05) is 13.1 Å². The van der Waals surface area contributed by atoms with Crippen LogP contribution in [0.4, 0.5) is 4.79 Å². The van der Waals surface area contributed by atoms with Crippen LogP contribution in [-0.4, -0.2) is 31.1 Å². The second-order valence-corrected chi connectivity index (χ2v) is 6.23. The van der Waals surface area contributed by atoms with Crippen molar-refractivity contribution in [3.05, 3.63) is 0 Å². The zero-order valence-electron chi connectivity index (χ0n) is 13.2. The van der Waals surface area contributed by atoms with E-state index in [0.29, 0.717) is 12.0 Å². The number of urea groups is 1. The molecule has 0 saturated heterocycles. The number of carbonyl (C=O) groups is 2. The molecule has 1 saturated carbocycles.